The second-order valence-electron chi connectivity index (χ2n) is 4.69. The summed E-state index contributed by atoms with van der Waals surface area (Å²) in [6.45, 7) is 5.11. The zero-order chi connectivity index (χ0) is 12.6. The zero-order valence-electron chi connectivity index (χ0n) is 11.0. The van der Waals surface area contributed by atoms with Crippen LogP contribution in [0.3, 0.4) is 0 Å². The predicted octanol–water partition coefficient (Wildman–Crippen LogP) is 1.56. The lowest BCUT2D eigenvalue weighted by Gasteiger charge is -2.21. The second-order valence-corrected chi connectivity index (χ2v) is 4.69. The van der Waals surface area contributed by atoms with Gasteiger partial charge in [-0.3, -0.25) is 4.79 Å². The number of hydrogen-bond acceptors (Lipinski definition) is 3. The lowest BCUT2D eigenvalue weighted by atomic mass is 10.1. The van der Waals surface area contributed by atoms with Gasteiger partial charge in [0.1, 0.15) is 6.04 Å². The maximum Gasteiger partial charge on any atom is 0.320 e. The van der Waals surface area contributed by atoms with Gasteiger partial charge < -0.3 is 15.3 Å². The Labute approximate surface area is 99.0 Å². The Morgan fingerprint density at radius 1 is 1.38 bits per heavy atom. The average molecular weight is 230 g/mol. The SMILES string of the molecule is CCCCC(NC(C)CCN(C)C)C(=O)O. The first kappa shape index (κ1) is 15.4. The summed E-state index contributed by atoms with van der Waals surface area (Å²) in [5, 5.41) is 12.2. The molecular weight excluding hydrogens is 204 g/mol. The molecule has 0 aromatic rings. The molecule has 4 heteroatoms. The van der Waals surface area contributed by atoms with E-state index in [2.05, 4.69) is 17.1 Å². The fourth-order valence-electron chi connectivity index (χ4n) is 1.56. The van der Waals surface area contributed by atoms with Crippen LogP contribution in [0, 0.1) is 0 Å². The third-order valence-corrected chi connectivity index (χ3v) is 2.64. The van der Waals surface area contributed by atoms with Gasteiger partial charge in [0.05, 0.1) is 0 Å². The Morgan fingerprint density at radius 2 is 2.00 bits per heavy atom. The van der Waals surface area contributed by atoms with E-state index in [-0.39, 0.29) is 6.04 Å². The van der Waals surface area contributed by atoms with Crippen LogP contribution in [0.1, 0.15) is 39.5 Å². The highest BCUT2D eigenvalue weighted by Gasteiger charge is 2.18. The standard InChI is InChI=1S/C12H26N2O2/c1-5-6-7-11(12(15)16)13-10(2)8-9-14(3)4/h10-11,13H,5-9H2,1-4H3,(H,15,16). The fraction of sp³-hybridized carbons (Fsp3) is 0.917. The van der Waals surface area contributed by atoms with Gasteiger partial charge in [0.2, 0.25) is 0 Å². The van der Waals surface area contributed by atoms with Gasteiger partial charge in [-0.2, -0.15) is 0 Å². The van der Waals surface area contributed by atoms with Gasteiger partial charge in [0.25, 0.3) is 0 Å². The molecule has 0 saturated heterocycles. The van der Waals surface area contributed by atoms with E-state index in [9.17, 15) is 4.79 Å². The molecule has 0 aliphatic rings. The van der Waals surface area contributed by atoms with Crippen molar-refractivity contribution in [3.63, 3.8) is 0 Å². The Bertz CT molecular complexity index is 195. The molecule has 0 fully saturated rings. The van der Waals surface area contributed by atoms with E-state index in [0.29, 0.717) is 0 Å². The lowest BCUT2D eigenvalue weighted by Crippen LogP contribution is -2.43. The third-order valence-electron chi connectivity index (χ3n) is 2.64. The summed E-state index contributed by atoms with van der Waals surface area (Å²) in [6, 6.07) is -0.141. The largest absolute Gasteiger partial charge is 0.480 e. The van der Waals surface area contributed by atoms with E-state index >= 15 is 0 Å². The number of hydrogen-bond donors (Lipinski definition) is 2. The molecule has 0 aromatic carbocycles. The first-order valence-corrected chi connectivity index (χ1v) is 6.11. The Morgan fingerprint density at radius 3 is 2.44 bits per heavy atom. The highest BCUT2D eigenvalue weighted by atomic mass is 16.4. The molecule has 16 heavy (non-hydrogen) atoms. The van der Waals surface area contributed by atoms with Crippen molar-refractivity contribution in [2.24, 2.45) is 0 Å². The normalized spacial score (nSPS) is 15.1. The van der Waals surface area contributed by atoms with Gasteiger partial charge in [0.15, 0.2) is 0 Å². The summed E-state index contributed by atoms with van der Waals surface area (Å²) in [6.07, 6.45) is 3.70. The molecule has 2 unspecified atom stereocenters. The first-order valence-electron chi connectivity index (χ1n) is 6.11. The quantitative estimate of drug-likeness (QED) is 0.631. The number of carboxylic acids is 1. The third kappa shape index (κ3) is 7.65. The summed E-state index contributed by atoms with van der Waals surface area (Å²) in [7, 11) is 4.05. The van der Waals surface area contributed by atoms with Crippen molar-refractivity contribution in [2.75, 3.05) is 20.6 Å². The summed E-state index contributed by atoms with van der Waals surface area (Å²) < 4.78 is 0. The van der Waals surface area contributed by atoms with Gasteiger partial charge in [-0.25, -0.2) is 0 Å². The minimum Gasteiger partial charge on any atom is -0.480 e. The number of nitrogens with zero attached hydrogens (tertiary/aromatic N) is 1. The van der Waals surface area contributed by atoms with Crippen molar-refractivity contribution in [3.05, 3.63) is 0 Å². The molecule has 0 bridgehead atoms. The van der Waals surface area contributed by atoms with Crippen molar-refractivity contribution in [1.29, 1.82) is 0 Å². The summed E-state index contributed by atoms with van der Waals surface area (Å²) in [5.74, 6) is -0.731. The molecule has 0 amide bonds. The van der Waals surface area contributed by atoms with Crippen LogP contribution in [-0.4, -0.2) is 48.7 Å². The molecule has 2 atom stereocenters. The van der Waals surface area contributed by atoms with Crippen molar-refractivity contribution in [2.45, 2.75) is 51.6 Å². The maximum absolute atomic E-state index is 11.0. The molecule has 0 saturated carbocycles. The maximum atomic E-state index is 11.0. The lowest BCUT2D eigenvalue weighted by molar-refractivity contribution is -0.139. The molecule has 0 heterocycles. The molecule has 2 N–H and O–H groups in total. The molecule has 0 spiro atoms. The van der Waals surface area contributed by atoms with E-state index < -0.39 is 12.0 Å². The van der Waals surface area contributed by atoms with Crippen LogP contribution in [0.5, 0.6) is 0 Å². The molecule has 0 aliphatic heterocycles. The minimum absolute atomic E-state index is 0.250. The van der Waals surface area contributed by atoms with E-state index in [0.717, 1.165) is 32.2 Å². The van der Waals surface area contributed by atoms with Gasteiger partial charge in [-0.15, -0.1) is 0 Å². The van der Waals surface area contributed by atoms with Gasteiger partial charge in [0, 0.05) is 6.04 Å². The van der Waals surface area contributed by atoms with Gasteiger partial charge in [-0.1, -0.05) is 19.8 Å². The monoisotopic (exact) mass is 230 g/mol. The zero-order valence-corrected chi connectivity index (χ0v) is 11.0. The van der Waals surface area contributed by atoms with E-state index in [1.165, 1.54) is 0 Å². The minimum atomic E-state index is -0.731. The Hall–Kier alpha value is -0.610. The fourth-order valence-corrected chi connectivity index (χ4v) is 1.56. The van der Waals surface area contributed by atoms with Crippen molar-refractivity contribution >= 4 is 5.97 Å². The predicted molar refractivity (Wildman–Crippen MR) is 66.7 cm³/mol. The Balaban J connectivity index is 3.92. The highest BCUT2D eigenvalue weighted by Crippen LogP contribution is 2.03. The average Bonchev–Trinajstić information content (AvgIpc) is 2.20. The van der Waals surface area contributed by atoms with Crippen LogP contribution < -0.4 is 5.32 Å². The number of carboxylic acid groups (broad SMARTS) is 1. The van der Waals surface area contributed by atoms with E-state index in [1.807, 2.05) is 21.0 Å². The summed E-state index contributed by atoms with van der Waals surface area (Å²) in [4.78, 5) is 13.1. The highest BCUT2D eigenvalue weighted by molar-refractivity contribution is 5.73. The molecule has 4 nitrogen and oxygen atoms in total. The first-order chi connectivity index (χ1) is 7.47. The van der Waals surface area contributed by atoms with Crippen LogP contribution in [0.15, 0.2) is 0 Å². The molecule has 0 radical (unpaired) electrons. The van der Waals surface area contributed by atoms with Crippen LogP contribution in [0.2, 0.25) is 0 Å². The topological polar surface area (TPSA) is 52.6 Å². The van der Waals surface area contributed by atoms with Crippen molar-refractivity contribution in [1.82, 2.24) is 10.2 Å². The van der Waals surface area contributed by atoms with Crippen LogP contribution in [-0.2, 0) is 4.79 Å². The molecule has 0 aliphatic carbocycles. The van der Waals surface area contributed by atoms with Crippen molar-refractivity contribution < 1.29 is 9.90 Å². The smallest absolute Gasteiger partial charge is 0.320 e. The number of unbranched alkanes of at least 4 members (excludes halogenated alkanes) is 1. The number of nitrogens with one attached hydrogen (secondary N) is 1. The number of carbonyl (C=O) groups is 1. The van der Waals surface area contributed by atoms with Crippen LogP contribution in [0.4, 0.5) is 0 Å². The summed E-state index contributed by atoms with van der Waals surface area (Å²) in [5.41, 5.74) is 0. The summed E-state index contributed by atoms with van der Waals surface area (Å²) >= 11 is 0. The number of aliphatic carboxylic acids is 1. The molecule has 0 rings (SSSR count). The second kappa shape index (κ2) is 8.53. The Kier molecular flexibility index (Phi) is 8.21. The van der Waals surface area contributed by atoms with Gasteiger partial charge >= 0.3 is 5.97 Å². The molecular formula is C12H26N2O2. The molecule has 96 valence electrons. The van der Waals surface area contributed by atoms with E-state index in [4.69, 9.17) is 5.11 Å². The van der Waals surface area contributed by atoms with Crippen molar-refractivity contribution in [3.8, 4) is 0 Å². The molecule has 0 aromatic heterocycles. The van der Waals surface area contributed by atoms with E-state index in [1.54, 1.807) is 0 Å². The van der Waals surface area contributed by atoms with Crippen LogP contribution in [0.25, 0.3) is 0 Å². The van der Waals surface area contributed by atoms with Gasteiger partial charge in [-0.05, 0) is 40.4 Å². The van der Waals surface area contributed by atoms with Crippen LogP contribution >= 0.6 is 0 Å². The number of rotatable bonds is 9.